The Hall–Kier alpha value is -3.23. The first-order chi connectivity index (χ1) is 12.3. The van der Waals surface area contributed by atoms with Crippen LogP contribution in [0.4, 0.5) is 0 Å². The number of nitrogens with zero attached hydrogens (tertiary/aromatic N) is 6. The molecule has 9 heteroatoms. The Balaban J connectivity index is 1.48. The molecule has 2 heterocycles. The quantitative estimate of drug-likeness (QED) is 0.653. The number of aromatic nitrogens is 6. The van der Waals surface area contributed by atoms with Crippen LogP contribution in [0.25, 0.3) is 0 Å². The van der Waals surface area contributed by atoms with E-state index >= 15 is 0 Å². The summed E-state index contributed by atoms with van der Waals surface area (Å²) in [7, 11) is 0. The summed E-state index contributed by atoms with van der Waals surface area (Å²) in [4.78, 5) is 12.1. The second-order valence-electron chi connectivity index (χ2n) is 5.25. The standard InChI is InChI=1S/C16H19N7O2/c1-2-23-15(19-20-21-23)12-25-14-6-4-13(5-7-14)16(24)17-9-11-22-10-3-8-18-22/h3-8,10H,2,9,11-12H2,1H3,(H,17,24). The molecule has 3 rings (SSSR count). The van der Waals surface area contributed by atoms with Crippen molar-refractivity contribution in [1.82, 2.24) is 35.3 Å². The lowest BCUT2D eigenvalue weighted by Gasteiger charge is -2.08. The summed E-state index contributed by atoms with van der Waals surface area (Å²) in [5.41, 5.74) is 0.575. The lowest BCUT2D eigenvalue weighted by atomic mass is 10.2. The first-order valence-corrected chi connectivity index (χ1v) is 8.00. The number of benzene rings is 1. The molecule has 0 fully saturated rings. The van der Waals surface area contributed by atoms with Crippen LogP contribution >= 0.6 is 0 Å². The van der Waals surface area contributed by atoms with Crippen molar-refractivity contribution in [2.45, 2.75) is 26.6 Å². The number of rotatable bonds is 8. The third-order valence-electron chi connectivity index (χ3n) is 3.58. The highest BCUT2D eigenvalue weighted by Gasteiger charge is 2.07. The number of nitrogens with one attached hydrogen (secondary N) is 1. The number of tetrazole rings is 1. The normalized spacial score (nSPS) is 10.6. The molecule has 2 aromatic heterocycles. The molecule has 1 N–H and O–H groups in total. The van der Waals surface area contributed by atoms with Gasteiger partial charge in [-0.05, 0) is 47.7 Å². The van der Waals surface area contributed by atoms with Crippen molar-refractivity contribution >= 4 is 5.91 Å². The summed E-state index contributed by atoms with van der Waals surface area (Å²) < 4.78 is 9.08. The van der Waals surface area contributed by atoms with Gasteiger partial charge in [0.1, 0.15) is 12.4 Å². The van der Waals surface area contributed by atoms with E-state index in [1.807, 2.05) is 19.2 Å². The minimum absolute atomic E-state index is 0.131. The fraction of sp³-hybridized carbons (Fsp3) is 0.312. The van der Waals surface area contributed by atoms with Crippen LogP contribution in [0, 0.1) is 0 Å². The summed E-state index contributed by atoms with van der Waals surface area (Å²) in [6.07, 6.45) is 3.56. The van der Waals surface area contributed by atoms with Crippen molar-refractivity contribution in [2.75, 3.05) is 6.54 Å². The van der Waals surface area contributed by atoms with Crippen LogP contribution in [0.15, 0.2) is 42.7 Å². The molecular weight excluding hydrogens is 322 g/mol. The zero-order chi connectivity index (χ0) is 17.5. The molecule has 0 atom stereocenters. The zero-order valence-electron chi connectivity index (χ0n) is 13.9. The molecule has 0 unspecified atom stereocenters. The molecule has 0 spiro atoms. The van der Waals surface area contributed by atoms with Crippen LogP contribution in [-0.2, 0) is 19.7 Å². The van der Waals surface area contributed by atoms with Gasteiger partial charge in [-0.15, -0.1) is 5.10 Å². The van der Waals surface area contributed by atoms with Crippen LogP contribution in [0.5, 0.6) is 5.75 Å². The van der Waals surface area contributed by atoms with E-state index in [-0.39, 0.29) is 12.5 Å². The lowest BCUT2D eigenvalue weighted by Crippen LogP contribution is -2.27. The number of aryl methyl sites for hydroxylation is 1. The largest absolute Gasteiger partial charge is 0.486 e. The summed E-state index contributed by atoms with van der Waals surface area (Å²) in [5.74, 6) is 1.18. The molecule has 0 bridgehead atoms. The van der Waals surface area contributed by atoms with Gasteiger partial charge in [-0.2, -0.15) is 5.10 Å². The minimum Gasteiger partial charge on any atom is -0.486 e. The average molecular weight is 341 g/mol. The van der Waals surface area contributed by atoms with Gasteiger partial charge in [-0.1, -0.05) is 0 Å². The van der Waals surface area contributed by atoms with Crippen LogP contribution in [0.1, 0.15) is 23.1 Å². The highest BCUT2D eigenvalue weighted by Crippen LogP contribution is 2.13. The molecule has 0 saturated carbocycles. The van der Waals surface area contributed by atoms with Gasteiger partial charge in [-0.3, -0.25) is 9.48 Å². The number of carbonyl (C=O) groups is 1. The number of carbonyl (C=O) groups excluding carboxylic acids is 1. The van der Waals surface area contributed by atoms with E-state index in [4.69, 9.17) is 4.74 Å². The molecule has 0 aliphatic carbocycles. The van der Waals surface area contributed by atoms with Crippen LogP contribution in [0.2, 0.25) is 0 Å². The fourth-order valence-corrected chi connectivity index (χ4v) is 2.24. The van der Waals surface area contributed by atoms with Gasteiger partial charge in [-0.25, -0.2) is 4.68 Å². The van der Waals surface area contributed by atoms with Crippen molar-refractivity contribution < 1.29 is 9.53 Å². The molecule has 9 nitrogen and oxygen atoms in total. The van der Waals surface area contributed by atoms with Crippen LogP contribution < -0.4 is 10.1 Å². The molecule has 0 saturated heterocycles. The second-order valence-corrected chi connectivity index (χ2v) is 5.25. The Morgan fingerprint density at radius 3 is 2.84 bits per heavy atom. The average Bonchev–Trinajstić information content (AvgIpc) is 3.31. The maximum absolute atomic E-state index is 12.1. The van der Waals surface area contributed by atoms with Gasteiger partial charge >= 0.3 is 0 Å². The van der Waals surface area contributed by atoms with E-state index in [2.05, 4.69) is 25.9 Å². The Morgan fingerprint density at radius 1 is 1.28 bits per heavy atom. The monoisotopic (exact) mass is 341 g/mol. The predicted octanol–water partition coefficient (Wildman–Crippen LogP) is 0.898. The Labute approximate surface area is 144 Å². The zero-order valence-corrected chi connectivity index (χ0v) is 13.9. The molecular formula is C16H19N7O2. The van der Waals surface area contributed by atoms with Gasteiger partial charge < -0.3 is 10.1 Å². The number of hydrogen-bond acceptors (Lipinski definition) is 6. The number of amides is 1. The predicted molar refractivity (Wildman–Crippen MR) is 88.8 cm³/mol. The third kappa shape index (κ3) is 4.40. The van der Waals surface area contributed by atoms with Crippen molar-refractivity contribution in [3.8, 4) is 5.75 Å². The lowest BCUT2D eigenvalue weighted by molar-refractivity contribution is 0.0952. The summed E-state index contributed by atoms with van der Waals surface area (Å²) in [6, 6.07) is 8.80. The van der Waals surface area contributed by atoms with Crippen LogP contribution in [-0.4, -0.2) is 42.4 Å². The molecule has 1 amide bonds. The third-order valence-corrected chi connectivity index (χ3v) is 3.58. The van der Waals surface area contributed by atoms with E-state index in [0.717, 1.165) is 0 Å². The van der Waals surface area contributed by atoms with Gasteiger partial charge in [0.25, 0.3) is 5.91 Å². The summed E-state index contributed by atoms with van der Waals surface area (Å²) >= 11 is 0. The fourth-order valence-electron chi connectivity index (χ4n) is 2.24. The molecule has 0 radical (unpaired) electrons. The SMILES string of the molecule is CCn1nnnc1COc1ccc(C(=O)NCCn2cccn2)cc1. The smallest absolute Gasteiger partial charge is 0.251 e. The molecule has 1 aromatic carbocycles. The Bertz CT molecular complexity index is 796. The topological polar surface area (TPSA) is 99.8 Å². The Kier molecular flexibility index (Phi) is 5.35. The molecule has 0 aliphatic rings. The van der Waals surface area contributed by atoms with Crippen molar-refractivity contribution in [2.24, 2.45) is 0 Å². The van der Waals surface area contributed by atoms with E-state index in [9.17, 15) is 4.79 Å². The van der Waals surface area contributed by atoms with E-state index in [1.165, 1.54) is 0 Å². The maximum atomic E-state index is 12.1. The highest BCUT2D eigenvalue weighted by atomic mass is 16.5. The molecule has 0 aliphatic heterocycles. The van der Waals surface area contributed by atoms with Crippen molar-refractivity contribution in [1.29, 1.82) is 0 Å². The van der Waals surface area contributed by atoms with E-state index in [1.54, 1.807) is 39.8 Å². The van der Waals surface area contributed by atoms with Crippen molar-refractivity contribution in [3.63, 3.8) is 0 Å². The first kappa shape index (κ1) is 16.6. The van der Waals surface area contributed by atoms with Gasteiger partial charge in [0.15, 0.2) is 5.82 Å². The maximum Gasteiger partial charge on any atom is 0.251 e. The summed E-state index contributed by atoms with van der Waals surface area (Å²) in [5, 5.41) is 18.3. The number of ether oxygens (including phenoxy) is 1. The van der Waals surface area contributed by atoms with Gasteiger partial charge in [0, 0.05) is 31.0 Å². The van der Waals surface area contributed by atoms with Crippen molar-refractivity contribution in [3.05, 3.63) is 54.1 Å². The van der Waals surface area contributed by atoms with Gasteiger partial charge in [0.2, 0.25) is 0 Å². The minimum atomic E-state index is -0.131. The van der Waals surface area contributed by atoms with E-state index < -0.39 is 0 Å². The first-order valence-electron chi connectivity index (χ1n) is 8.00. The molecule has 3 aromatic rings. The van der Waals surface area contributed by atoms with Gasteiger partial charge in [0.05, 0.1) is 6.54 Å². The molecule has 25 heavy (non-hydrogen) atoms. The number of hydrogen-bond donors (Lipinski definition) is 1. The van der Waals surface area contributed by atoms with E-state index in [0.29, 0.717) is 36.8 Å². The Morgan fingerprint density at radius 2 is 2.12 bits per heavy atom. The van der Waals surface area contributed by atoms with Crippen LogP contribution in [0.3, 0.4) is 0 Å². The second kappa shape index (κ2) is 8.04. The summed E-state index contributed by atoms with van der Waals surface area (Å²) in [6.45, 7) is 4.06. The molecule has 130 valence electrons. The highest BCUT2D eigenvalue weighted by molar-refractivity contribution is 5.94.